The van der Waals surface area contributed by atoms with Crippen LogP contribution in [0.15, 0.2) is 30.3 Å². The zero-order valence-electron chi connectivity index (χ0n) is 13.9. The van der Waals surface area contributed by atoms with Crippen molar-refractivity contribution in [1.29, 1.82) is 0 Å². The third kappa shape index (κ3) is 2.94. The Morgan fingerprint density at radius 3 is 2.75 bits per heavy atom. The Labute approximate surface area is 142 Å². The van der Waals surface area contributed by atoms with E-state index < -0.39 is 6.10 Å². The van der Waals surface area contributed by atoms with Crippen LogP contribution in [0.5, 0.6) is 0 Å². The summed E-state index contributed by atoms with van der Waals surface area (Å²) in [5, 5.41) is 14.8. The Kier molecular flexibility index (Phi) is 4.29. The predicted molar refractivity (Wildman–Crippen MR) is 94.0 cm³/mol. The molecule has 2 fully saturated rings. The van der Waals surface area contributed by atoms with Gasteiger partial charge in [0, 0.05) is 16.9 Å². The molecule has 1 saturated carbocycles. The summed E-state index contributed by atoms with van der Waals surface area (Å²) in [4.78, 5) is 18.1. The molecule has 2 heterocycles. The van der Waals surface area contributed by atoms with Gasteiger partial charge in [-0.3, -0.25) is 9.69 Å². The van der Waals surface area contributed by atoms with Crippen molar-refractivity contribution in [2.24, 2.45) is 0 Å². The number of benzene rings is 1. The molecule has 1 aromatic heterocycles. The molecule has 4 rings (SSSR count). The van der Waals surface area contributed by atoms with Gasteiger partial charge < -0.3 is 15.4 Å². The maximum absolute atomic E-state index is 12.6. The lowest BCUT2D eigenvalue weighted by Crippen LogP contribution is -2.56. The van der Waals surface area contributed by atoms with Crippen LogP contribution in [-0.4, -0.2) is 52.2 Å². The van der Waals surface area contributed by atoms with Crippen LogP contribution in [0.25, 0.3) is 10.9 Å². The smallest absolute Gasteiger partial charge is 0.268 e. The van der Waals surface area contributed by atoms with Crippen LogP contribution < -0.4 is 5.32 Å². The molecule has 3 N–H and O–H groups in total. The predicted octanol–water partition coefficient (Wildman–Crippen LogP) is 2.28. The van der Waals surface area contributed by atoms with Crippen LogP contribution in [0, 0.1) is 0 Å². The van der Waals surface area contributed by atoms with E-state index in [9.17, 15) is 9.90 Å². The molecule has 0 unspecified atom stereocenters. The van der Waals surface area contributed by atoms with E-state index in [-0.39, 0.29) is 18.0 Å². The molecule has 3 atom stereocenters. The zero-order valence-corrected chi connectivity index (χ0v) is 13.9. The fourth-order valence-electron chi connectivity index (χ4n) is 4.23. The summed E-state index contributed by atoms with van der Waals surface area (Å²) < 4.78 is 0. The summed E-state index contributed by atoms with van der Waals surface area (Å²) in [6.07, 6.45) is 4.88. The second-order valence-electron chi connectivity index (χ2n) is 7.08. The summed E-state index contributed by atoms with van der Waals surface area (Å²) in [5.41, 5.74) is 1.52. The molecule has 0 bridgehead atoms. The molecule has 2 aliphatic rings. The van der Waals surface area contributed by atoms with Crippen molar-refractivity contribution < 1.29 is 9.90 Å². The third-order valence-corrected chi connectivity index (χ3v) is 5.52. The van der Waals surface area contributed by atoms with E-state index in [0.29, 0.717) is 5.69 Å². The van der Waals surface area contributed by atoms with Crippen molar-refractivity contribution in [2.75, 3.05) is 13.1 Å². The Balaban J connectivity index is 1.46. The highest BCUT2D eigenvalue weighted by Gasteiger charge is 2.37. The fraction of sp³-hybridized carbons (Fsp3) is 0.526. The van der Waals surface area contributed by atoms with Crippen LogP contribution in [-0.2, 0) is 0 Å². The van der Waals surface area contributed by atoms with Gasteiger partial charge >= 0.3 is 0 Å². The minimum atomic E-state index is -0.481. The number of rotatable bonds is 3. The lowest BCUT2D eigenvalue weighted by molar-refractivity contribution is 0.00698. The molecule has 128 valence electrons. The number of para-hydroxylation sites is 1. The molecule has 1 aliphatic carbocycles. The van der Waals surface area contributed by atoms with Crippen molar-refractivity contribution in [3.8, 4) is 0 Å². The number of H-pyrrole nitrogens is 1. The van der Waals surface area contributed by atoms with Gasteiger partial charge in [0.05, 0.1) is 12.1 Å². The maximum atomic E-state index is 12.6. The average molecular weight is 327 g/mol. The van der Waals surface area contributed by atoms with Crippen LogP contribution >= 0.6 is 0 Å². The number of aliphatic hydroxyl groups is 1. The Morgan fingerprint density at radius 1 is 1.17 bits per heavy atom. The van der Waals surface area contributed by atoms with Crippen LogP contribution in [0.4, 0.5) is 0 Å². The summed E-state index contributed by atoms with van der Waals surface area (Å²) in [7, 11) is 0. The van der Waals surface area contributed by atoms with Crippen molar-refractivity contribution in [3.63, 3.8) is 0 Å². The molecular weight excluding hydrogens is 302 g/mol. The van der Waals surface area contributed by atoms with Gasteiger partial charge in [-0.15, -0.1) is 0 Å². The molecule has 1 saturated heterocycles. The number of nitrogens with zero attached hydrogens (tertiary/aromatic N) is 1. The van der Waals surface area contributed by atoms with Crippen LogP contribution in [0.1, 0.15) is 42.6 Å². The van der Waals surface area contributed by atoms with Crippen molar-refractivity contribution in [2.45, 2.75) is 50.3 Å². The quantitative estimate of drug-likeness (QED) is 0.810. The number of aromatic amines is 1. The van der Waals surface area contributed by atoms with Crippen molar-refractivity contribution in [1.82, 2.24) is 15.2 Å². The monoisotopic (exact) mass is 327 g/mol. The highest BCUT2D eigenvalue weighted by molar-refractivity contribution is 5.98. The first-order valence-electron chi connectivity index (χ1n) is 9.03. The number of amides is 1. The van der Waals surface area contributed by atoms with E-state index in [2.05, 4.69) is 15.2 Å². The lowest BCUT2D eigenvalue weighted by Gasteiger charge is -2.40. The number of aliphatic hydroxyl groups excluding tert-OH is 1. The highest BCUT2D eigenvalue weighted by atomic mass is 16.3. The zero-order chi connectivity index (χ0) is 16.5. The molecule has 1 aliphatic heterocycles. The fourth-order valence-corrected chi connectivity index (χ4v) is 4.23. The number of likely N-dealkylation sites (tertiary alicyclic amines) is 1. The second kappa shape index (κ2) is 6.57. The number of carbonyl (C=O) groups excluding carboxylic acids is 1. The minimum absolute atomic E-state index is 0.127. The van der Waals surface area contributed by atoms with Crippen LogP contribution in [0.3, 0.4) is 0 Å². The number of nitrogens with one attached hydrogen (secondary N) is 2. The van der Waals surface area contributed by atoms with Gasteiger partial charge in [0.1, 0.15) is 5.69 Å². The van der Waals surface area contributed by atoms with Gasteiger partial charge in [0.25, 0.3) is 5.91 Å². The Bertz CT molecular complexity index is 687. The topological polar surface area (TPSA) is 68.4 Å². The van der Waals surface area contributed by atoms with Gasteiger partial charge in [-0.2, -0.15) is 0 Å². The lowest BCUT2D eigenvalue weighted by atomic mass is 9.87. The molecule has 5 heteroatoms. The van der Waals surface area contributed by atoms with Gasteiger partial charge in [-0.25, -0.2) is 0 Å². The molecule has 24 heavy (non-hydrogen) atoms. The summed E-state index contributed by atoms with van der Waals surface area (Å²) in [6.45, 7) is 2.15. The first-order valence-corrected chi connectivity index (χ1v) is 9.03. The molecule has 0 spiro atoms. The van der Waals surface area contributed by atoms with E-state index in [4.69, 9.17) is 0 Å². The van der Waals surface area contributed by atoms with Gasteiger partial charge in [-0.05, 0) is 57.3 Å². The van der Waals surface area contributed by atoms with E-state index in [1.165, 1.54) is 12.8 Å². The summed E-state index contributed by atoms with van der Waals surface area (Å²) in [5.74, 6) is -0.127. The first kappa shape index (κ1) is 15.7. The average Bonchev–Trinajstić information content (AvgIpc) is 3.26. The standard InChI is InChI=1S/C19H25N3O2/c23-18-15(8-5-9-17(18)22-10-3-4-11-22)21-19(24)16-12-13-6-1-2-7-14(13)20-16/h1-2,6-7,12,15,17-18,20,23H,3-5,8-11H2,(H,21,24)/t15-,17-,18-/m1/s1. The normalized spacial score (nSPS) is 28.3. The molecular formula is C19H25N3O2. The van der Waals surface area contributed by atoms with Crippen molar-refractivity contribution in [3.05, 3.63) is 36.0 Å². The van der Waals surface area contributed by atoms with Gasteiger partial charge in [-0.1, -0.05) is 18.2 Å². The number of carbonyl (C=O) groups is 1. The van der Waals surface area contributed by atoms with Crippen molar-refractivity contribution >= 4 is 16.8 Å². The largest absolute Gasteiger partial charge is 0.389 e. The molecule has 0 radical (unpaired) electrons. The Morgan fingerprint density at radius 2 is 1.96 bits per heavy atom. The maximum Gasteiger partial charge on any atom is 0.268 e. The van der Waals surface area contributed by atoms with Gasteiger partial charge in [0.15, 0.2) is 0 Å². The molecule has 1 aromatic carbocycles. The second-order valence-corrected chi connectivity index (χ2v) is 7.08. The number of hydrogen-bond donors (Lipinski definition) is 3. The molecule has 5 nitrogen and oxygen atoms in total. The molecule has 2 aromatic rings. The van der Waals surface area contributed by atoms with E-state index in [1.807, 2.05) is 30.3 Å². The number of aromatic nitrogens is 1. The number of fused-ring (bicyclic) bond motifs is 1. The van der Waals surface area contributed by atoms with E-state index in [0.717, 1.165) is 43.3 Å². The van der Waals surface area contributed by atoms with E-state index >= 15 is 0 Å². The van der Waals surface area contributed by atoms with Crippen LogP contribution in [0.2, 0.25) is 0 Å². The summed E-state index contributed by atoms with van der Waals surface area (Å²) >= 11 is 0. The Hall–Kier alpha value is -1.85. The van der Waals surface area contributed by atoms with E-state index in [1.54, 1.807) is 0 Å². The SMILES string of the molecule is O=C(N[C@@H]1CCC[C@@H](N2CCCC2)[C@@H]1O)c1cc2ccccc2[nH]1. The third-order valence-electron chi connectivity index (χ3n) is 5.52. The highest BCUT2D eigenvalue weighted by Crippen LogP contribution is 2.27. The molecule has 1 amide bonds. The van der Waals surface area contributed by atoms with Gasteiger partial charge in [0.2, 0.25) is 0 Å². The number of hydrogen-bond acceptors (Lipinski definition) is 3. The summed E-state index contributed by atoms with van der Waals surface area (Å²) in [6, 6.07) is 9.76. The first-order chi connectivity index (χ1) is 11.7. The minimum Gasteiger partial charge on any atom is -0.389 e.